The van der Waals surface area contributed by atoms with Crippen molar-refractivity contribution in [3.63, 3.8) is 0 Å². The average molecular weight is 332 g/mol. The third-order valence-electron chi connectivity index (χ3n) is 4.29. The lowest BCUT2D eigenvalue weighted by molar-refractivity contribution is 0.0924. The second-order valence-electron chi connectivity index (χ2n) is 6.00. The molecule has 1 aliphatic carbocycles. The van der Waals surface area contributed by atoms with Crippen molar-refractivity contribution in [3.05, 3.63) is 44.3 Å². The van der Waals surface area contributed by atoms with E-state index >= 15 is 0 Å². The first-order valence-electron chi connectivity index (χ1n) is 7.82. The number of aromatic nitrogens is 3. The molecule has 6 nitrogen and oxygen atoms in total. The summed E-state index contributed by atoms with van der Waals surface area (Å²) in [6.45, 7) is 3.73. The molecule has 0 aliphatic heterocycles. The molecule has 122 valence electrons. The highest BCUT2D eigenvalue weighted by Gasteiger charge is 2.25. The SMILES string of the molecule is Cc1ccc(=O)n(C2CCC(NC(=O)c3scnc3C)CC2)n1. The molecule has 0 bridgehead atoms. The summed E-state index contributed by atoms with van der Waals surface area (Å²) in [4.78, 5) is 29.0. The molecule has 0 radical (unpaired) electrons. The van der Waals surface area contributed by atoms with Crippen LogP contribution < -0.4 is 10.9 Å². The second-order valence-corrected chi connectivity index (χ2v) is 6.86. The minimum atomic E-state index is -0.0524. The highest BCUT2D eigenvalue weighted by Crippen LogP contribution is 2.27. The van der Waals surface area contributed by atoms with Gasteiger partial charge < -0.3 is 5.32 Å². The zero-order valence-corrected chi connectivity index (χ0v) is 14.1. The van der Waals surface area contributed by atoms with Gasteiger partial charge in [-0.05, 0) is 45.6 Å². The van der Waals surface area contributed by atoms with E-state index in [-0.39, 0.29) is 23.6 Å². The van der Waals surface area contributed by atoms with Gasteiger partial charge in [0, 0.05) is 12.1 Å². The van der Waals surface area contributed by atoms with Crippen LogP contribution in [-0.2, 0) is 0 Å². The van der Waals surface area contributed by atoms with Crippen LogP contribution in [0.15, 0.2) is 22.4 Å². The molecule has 2 aromatic rings. The van der Waals surface area contributed by atoms with E-state index in [0.29, 0.717) is 4.88 Å². The minimum Gasteiger partial charge on any atom is -0.349 e. The van der Waals surface area contributed by atoms with Crippen molar-refractivity contribution >= 4 is 17.2 Å². The van der Waals surface area contributed by atoms with Crippen LogP contribution in [0.3, 0.4) is 0 Å². The smallest absolute Gasteiger partial charge is 0.267 e. The van der Waals surface area contributed by atoms with E-state index in [2.05, 4.69) is 15.4 Å². The van der Waals surface area contributed by atoms with E-state index in [9.17, 15) is 9.59 Å². The van der Waals surface area contributed by atoms with Crippen molar-refractivity contribution in [2.45, 2.75) is 51.6 Å². The molecule has 0 unspecified atom stereocenters. The summed E-state index contributed by atoms with van der Waals surface area (Å²) in [5, 5.41) is 7.43. The number of nitrogens with zero attached hydrogens (tertiary/aromatic N) is 3. The summed E-state index contributed by atoms with van der Waals surface area (Å²) in [7, 11) is 0. The molecule has 2 aromatic heterocycles. The molecule has 1 amide bonds. The molecule has 1 N–H and O–H groups in total. The van der Waals surface area contributed by atoms with Gasteiger partial charge in [-0.2, -0.15) is 5.10 Å². The largest absolute Gasteiger partial charge is 0.349 e. The predicted molar refractivity (Wildman–Crippen MR) is 88.8 cm³/mol. The van der Waals surface area contributed by atoms with E-state index in [1.165, 1.54) is 11.3 Å². The maximum absolute atomic E-state index is 12.2. The number of aryl methyl sites for hydroxylation is 2. The fourth-order valence-corrected chi connectivity index (χ4v) is 3.72. The summed E-state index contributed by atoms with van der Waals surface area (Å²) < 4.78 is 1.60. The van der Waals surface area contributed by atoms with Gasteiger partial charge in [-0.25, -0.2) is 9.67 Å². The summed E-state index contributed by atoms with van der Waals surface area (Å²) in [6, 6.07) is 3.59. The fourth-order valence-electron chi connectivity index (χ4n) is 3.02. The number of thiazole rings is 1. The first-order chi connectivity index (χ1) is 11.0. The number of hydrogen-bond donors (Lipinski definition) is 1. The summed E-state index contributed by atoms with van der Waals surface area (Å²) in [5.41, 5.74) is 3.26. The second kappa shape index (κ2) is 6.62. The van der Waals surface area contributed by atoms with E-state index in [1.807, 2.05) is 13.8 Å². The van der Waals surface area contributed by atoms with E-state index in [0.717, 1.165) is 37.1 Å². The van der Waals surface area contributed by atoms with Gasteiger partial charge >= 0.3 is 0 Å². The molecular formula is C16H20N4O2S. The molecule has 0 spiro atoms. The Labute approximate surface area is 138 Å². The average Bonchev–Trinajstić information content (AvgIpc) is 2.97. The van der Waals surface area contributed by atoms with Crippen molar-refractivity contribution in [1.82, 2.24) is 20.1 Å². The third-order valence-corrected chi connectivity index (χ3v) is 5.22. The van der Waals surface area contributed by atoms with Gasteiger partial charge in [0.05, 0.1) is 22.9 Å². The zero-order valence-electron chi connectivity index (χ0n) is 13.3. The van der Waals surface area contributed by atoms with Crippen LogP contribution in [0.5, 0.6) is 0 Å². The Morgan fingerprint density at radius 3 is 2.65 bits per heavy atom. The Morgan fingerprint density at radius 2 is 2.00 bits per heavy atom. The number of carbonyl (C=O) groups is 1. The number of carbonyl (C=O) groups excluding carboxylic acids is 1. The predicted octanol–water partition coefficient (Wildman–Crippen LogP) is 2.23. The third kappa shape index (κ3) is 3.50. The molecule has 1 saturated carbocycles. The van der Waals surface area contributed by atoms with Gasteiger partial charge in [-0.15, -0.1) is 11.3 Å². The Morgan fingerprint density at radius 1 is 1.26 bits per heavy atom. The topological polar surface area (TPSA) is 76.9 Å². The van der Waals surface area contributed by atoms with Crippen molar-refractivity contribution < 1.29 is 4.79 Å². The van der Waals surface area contributed by atoms with Crippen LogP contribution in [-0.4, -0.2) is 26.7 Å². The van der Waals surface area contributed by atoms with Gasteiger partial charge in [0.2, 0.25) is 0 Å². The molecule has 3 rings (SSSR count). The maximum Gasteiger partial charge on any atom is 0.267 e. The first kappa shape index (κ1) is 15.9. The number of nitrogens with one attached hydrogen (secondary N) is 1. The van der Waals surface area contributed by atoms with Crippen LogP contribution in [0, 0.1) is 13.8 Å². The molecule has 1 fully saturated rings. The summed E-state index contributed by atoms with van der Waals surface area (Å²) >= 11 is 1.37. The number of hydrogen-bond acceptors (Lipinski definition) is 5. The molecule has 0 saturated heterocycles. The Hall–Kier alpha value is -2.02. The normalized spacial score (nSPS) is 21.1. The van der Waals surface area contributed by atoms with E-state index in [1.54, 1.807) is 22.3 Å². The van der Waals surface area contributed by atoms with Crippen LogP contribution in [0.25, 0.3) is 0 Å². The van der Waals surface area contributed by atoms with Gasteiger partial charge in [-0.1, -0.05) is 0 Å². The molecule has 0 atom stereocenters. The van der Waals surface area contributed by atoms with Crippen LogP contribution in [0.4, 0.5) is 0 Å². The maximum atomic E-state index is 12.2. The highest BCUT2D eigenvalue weighted by atomic mass is 32.1. The van der Waals surface area contributed by atoms with E-state index in [4.69, 9.17) is 0 Å². The standard InChI is InChI=1S/C16H20N4O2S/c1-10-3-8-14(21)20(19-10)13-6-4-12(5-7-13)18-16(22)15-11(2)17-9-23-15/h3,8-9,12-13H,4-7H2,1-2H3,(H,18,22). The van der Waals surface area contributed by atoms with Gasteiger partial charge in [0.1, 0.15) is 4.88 Å². The fraction of sp³-hybridized carbons (Fsp3) is 0.500. The van der Waals surface area contributed by atoms with Crippen LogP contribution in [0.2, 0.25) is 0 Å². The zero-order chi connectivity index (χ0) is 16.4. The molecular weight excluding hydrogens is 312 g/mol. The monoisotopic (exact) mass is 332 g/mol. The van der Waals surface area contributed by atoms with Gasteiger partial charge in [0.15, 0.2) is 0 Å². The highest BCUT2D eigenvalue weighted by molar-refractivity contribution is 7.11. The Balaban J connectivity index is 1.60. The lowest BCUT2D eigenvalue weighted by atomic mass is 9.91. The van der Waals surface area contributed by atoms with E-state index < -0.39 is 0 Å². The van der Waals surface area contributed by atoms with Gasteiger partial charge in [-0.3, -0.25) is 9.59 Å². The van der Waals surface area contributed by atoms with Crippen molar-refractivity contribution in [3.8, 4) is 0 Å². The lowest BCUT2D eigenvalue weighted by Gasteiger charge is -2.29. The van der Waals surface area contributed by atoms with Crippen LogP contribution in [0.1, 0.15) is 52.8 Å². The number of rotatable bonds is 3. The molecule has 0 aromatic carbocycles. The lowest BCUT2D eigenvalue weighted by Crippen LogP contribution is -2.39. The molecule has 1 aliphatic rings. The molecule has 2 heterocycles. The molecule has 23 heavy (non-hydrogen) atoms. The van der Waals surface area contributed by atoms with Crippen molar-refractivity contribution in [1.29, 1.82) is 0 Å². The van der Waals surface area contributed by atoms with Crippen LogP contribution >= 0.6 is 11.3 Å². The Bertz CT molecular complexity index is 759. The van der Waals surface area contributed by atoms with Crippen molar-refractivity contribution in [2.24, 2.45) is 0 Å². The molecule has 7 heteroatoms. The Kier molecular flexibility index (Phi) is 4.56. The first-order valence-corrected chi connectivity index (χ1v) is 8.70. The summed E-state index contributed by atoms with van der Waals surface area (Å²) in [6.07, 6.45) is 3.42. The number of amides is 1. The van der Waals surface area contributed by atoms with Gasteiger partial charge in [0.25, 0.3) is 11.5 Å². The van der Waals surface area contributed by atoms with Crippen molar-refractivity contribution in [2.75, 3.05) is 0 Å². The summed E-state index contributed by atoms with van der Waals surface area (Å²) in [5.74, 6) is -0.0423. The quantitative estimate of drug-likeness (QED) is 0.935. The minimum absolute atomic E-state index is 0.0423.